The first kappa shape index (κ1) is 10.8. The summed E-state index contributed by atoms with van der Waals surface area (Å²) in [4.78, 5) is 2.08. The van der Waals surface area contributed by atoms with Crippen molar-refractivity contribution in [1.29, 1.82) is 0 Å². The molecule has 1 N–H and O–H groups in total. The number of aliphatic hydroxyl groups is 1. The maximum absolute atomic E-state index is 11.8. The summed E-state index contributed by atoms with van der Waals surface area (Å²) in [7, 11) is 1.97. The van der Waals surface area contributed by atoms with Gasteiger partial charge in [-0.15, -0.1) is 0 Å². The standard InChI is InChI=1S/C8H18FNO/c1-7(2)10(3)5-4-8(11)6-9/h7-8,11H,4-6H2,1-3H3. The van der Waals surface area contributed by atoms with Crippen molar-refractivity contribution < 1.29 is 9.50 Å². The highest BCUT2D eigenvalue weighted by Crippen LogP contribution is 1.98. The molecular weight excluding hydrogens is 145 g/mol. The minimum Gasteiger partial charge on any atom is -0.390 e. The molecule has 0 radical (unpaired) electrons. The van der Waals surface area contributed by atoms with E-state index in [2.05, 4.69) is 18.7 Å². The van der Waals surface area contributed by atoms with Crippen LogP contribution >= 0.6 is 0 Å². The topological polar surface area (TPSA) is 23.5 Å². The van der Waals surface area contributed by atoms with Gasteiger partial charge in [0.05, 0.1) is 6.10 Å². The van der Waals surface area contributed by atoms with E-state index in [9.17, 15) is 4.39 Å². The summed E-state index contributed by atoms with van der Waals surface area (Å²) in [6.07, 6.45) is -0.262. The van der Waals surface area contributed by atoms with Gasteiger partial charge in [0.1, 0.15) is 6.67 Å². The second kappa shape index (κ2) is 5.49. The fourth-order valence-electron chi connectivity index (χ4n) is 0.688. The van der Waals surface area contributed by atoms with Crippen LogP contribution in [0.4, 0.5) is 4.39 Å². The van der Waals surface area contributed by atoms with Gasteiger partial charge < -0.3 is 10.0 Å². The number of alkyl halides is 1. The normalized spacial score (nSPS) is 14.5. The fourth-order valence-corrected chi connectivity index (χ4v) is 0.688. The Labute approximate surface area is 68.0 Å². The first-order chi connectivity index (χ1) is 5.07. The molecule has 1 atom stereocenters. The van der Waals surface area contributed by atoms with Crippen molar-refractivity contribution in [2.24, 2.45) is 0 Å². The SMILES string of the molecule is CC(C)N(C)CCC(O)CF. The van der Waals surface area contributed by atoms with E-state index in [0.29, 0.717) is 12.5 Å². The minimum absolute atomic E-state index is 0.460. The Morgan fingerprint density at radius 3 is 2.36 bits per heavy atom. The van der Waals surface area contributed by atoms with Crippen LogP contribution in [-0.4, -0.2) is 42.4 Å². The van der Waals surface area contributed by atoms with Gasteiger partial charge in [-0.05, 0) is 27.3 Å². The van der Waals surface area contributed by atoms with Crippen LogP contribution in [0, 0.1) is 0 Å². The summed E-state index contributed by atoms with van der Waals surface area (Å²) in [5.41, 5.74) is 0. The van der Waals surface area contributed by atoms with E-state index in [1.165, 1.54) is 0 Å². The second-order valence-electron chi connectivity index (χ2n) is 3.17. The average Bonchev–Trinajstić information content (AvgIpc) is 1.99. The zero-order valence-corrected chi connectivity index (χ0v) is 7.55. The first-order valence-electron chi connectivity index (χ1n) is 4.02. The van der Waals surface area contributed by atoms with Crippen LogP contribution < -0.4 is 0 Å². The van der Waals surface area contributed by atoms with Crippen LogP contribution in [0.5, 0.6) is 0 Å². The predicted octanol–water partition coefficient (Wildman–Crippen LogP) is 1.05. The summed E-state index contributed by atoms with van der Waals surface area (Å²) in [5, 5.41) is 8.89. The van der Waals surface area contributed by atoms with E-state index >= 15 is 0 Å². The van der Waals surface area contributed by atoms with Crippen molar-refractivity contribution in [2.45, 2.75) is 32.4 Å². The Hall–Kier alpha value is -0.150. The molecule has 0 aromatic heterocycles. The van der Waals surface area contributed by atoms with Crippen LogP contribution in [0.2, 0.25) is 0 Å². The van der Waals surface area contributed by atoms with Gasteiger partial charge in [0.25, 0.3) is 0 Å². The van der Waals surface area contributed by atoms with Gasteiger partial charge in [-0.3, -0.25) is 0 Å². The lowest BCUT2D eigenvalue weighted by molar-refractivity contribution is 0.113. The van der Waals surface area contributed by atoms with Gasteiger partial charge in [0.15, 0.2) is 0 Å². The van der Waals surface area contributed by atoms with Crippen molar-refractivity contribution in [1.82, 2.24) is 4.90 Å². The molecule has 0 bridgehead atoms. The molecule has 0 saturated carbocycles. The van der Waals surface area contributed by atoms with Crippen molar-refractivity contribution in [3.8, 4) is 0 Å². The van der Waals surface area contributed by atoms with E-state index in [1.807, 2.05) is 7.05 Å². The van der Waals surface area contributed by atoms with E-state index < -0.39 is 12.8 Å². The zero-order chi connectivity index (χ0) is 8.85. The highest BCUT2D eigenvalue weighted by atomic mass is 19.1. The van der Waals surface area contributed by atoms with Gasteiger partial charge in [0.2, 0.25) is 0 Å². The average molecular weight is 163 g/mol. The van der Waals surface area contributed by atoms with E-state index in [0.717, 1.165) is 6.54 Å². The van der Waals surface area contributed by atoms with Crippen molar-refractivity contribution in [3.05, 3.63) is 0 Å². The molecule has 0 fully saturated rings. The molecule has 0 saturated heterocycles. The second-order valence-corrected chi connectivity index (χ2v) is 3.17. The molecule has 0 rings (SSSR count). The summed E-state index contributed by atoms with van der Waals surface area (Å²) in [6, 6.07) is 0.460. The maximum atomic E-state index is 11.8. The molecule has 11 heavy (non-hydrogen) atoms. The van der Waals surface area contributed by atoms with Crippen LogP contribution in [0.25, 0.3) is 0 Å². The summed E-state index contributed by atoms with van der Waals surface area (Å²) >= 11 is 0. The molecule has 0 aliphatic heterocycles. The lowest BCUT2D eigenvalue weighted by atomic mass is 10.2. The number of halogens is 1. The minimum atomic E-state index is -0.781. The van der Waals surface area contributed by atoms with Crippen molar-refractivity contribution >= 4 is 0 Å². The Balaban J connectivity index is 3.37. The lowest BCUT2D eigenvalue weighted by Crippen LogP contribution is -2.29. The number of hydrogen-bond donors (Lipinski definition) is 1. The van der Waals surface area contributed by atoms with Gasteiger partial charge in [-0.1, -0.05) is 0 Å². The lowest BCUT2D eigenvalue weighted by Gasteiger charge is -2.21. The molecule has 0 spiro atoms. The molecule has 0 aromatic rings. The fraction of sp³-hybridized carbons (Fsp3) is 1.00. The van der Waals surface area contributed by atoms with E-state index in [4.69, 9.17) is 5.11 Å². The molecule has 68 valence electrons. The van der Waals surface area contributed by atoms with Crippen molar-refractivity contribution in [2.75, 3.05) is 20.3 Å². The number of nitrogens with zero attached hydrogens (tertiary/aromatic N) is 1. The Kier molecular flexibility index (Phi) is 5.42. The zero-order valence-electron chi connectivity index (χ0n) is 7.55. The highest BCUT2D eigenvalue weighted by molar-refractivity contribution is 4.60. The predicted molar refractivity (Wildman–Crippen MR) is 44.4 cm³/mol. The highest BCUT2D eigenvalue weighted by Gasteiger charge is 2.07. The molecule has 0 amide bonds. The maximum Gasteiger partial charge on any atom is 0.115 e. The molecule has 3 heteroatoms. The number of hydrogen-bond acceptors (Lipinski definition) is 2. The third-order valence-corrected chi connectivity index (χ3v) is 1.87. The molecule has 0 aliphatic carbocycles. The monoisotopic (exact) mass is 163 g/mol. The summed E-state index contributed by atoms with van der Waals surface area (Å²) < 4.78 is 11.8. The quantitative estimate of drug-likeness (QED) is 0.654. The van der Waals surface area contributed by atoms with Crippen molar-refractivity contribution in [3.63, 3.8) is 0 Å². The van der Waals surface area contributed by atoms with Gasteiger partial charge in [-0.2, -0.15) is 0 Å². The molecule has 0 heterocycles. The molecule has 1 unspecified atom stereocenters. The molecule has 2 nitrogen and oxygen atoms in total. The summed E-state index contributed by atoms with van der Waals surface area (Å²) in [6.45, 7) is 4.26. The van der Waals surface area contributed by atoms with E-state index in [1.54, 1.807) is 0 Å². The van der Waals surface area contributed by atoms with Crippen LogP contribution in [0.15, 0.2) is 0 Å². The molecular formula is C8H18FNO. The Bertz CT molecular complexity index is 98.1. The Morgan fingerprint density at radius 2 is 2.00 bits per heavy atom. The van der Waals surface area contributed by atoms with Gasteiger partial charge in [-0.25, -0.2) is 4.39 Å². The molecule has 0 aromatic carbocycles. The van der Waals surface area contributed by atoms with Gasteiger partial charge in [0, 0.05) is 12.6 Å². The summed E-state index contributed by atoms with van der Waals surface area (Å²) in [5.74, 6) is 0. The number of aliphatic hydroxyl groups excluding tert-OH is 1. The third kappa shape index (κ3) is 5.16. The largest absolute Gasteiger partial charge is 0.390 e. The molecule has 0 aliphatic rings. The number of rotatable bonds is 5. The van der Waals surface area contributed by atoms with Crippen LogP contribution in [0.3, 0.4) is 0 Å². The Morgan fingerprint density at radius 1 is 1.45 bits per heavy atom. The smallest absolute Gasteiger partial charge is 0.115 e. The van der Waals surface area contributed by atoms with Gasteiger partial charge >= 0.3 is 0 Å². The third-order valence-electron chi connectivity index (χ3n) is 1.87. The van der Waals surface area contributed by atoms with Crippen LogP contribution in [0.1, 0.15) is 20.3 Å². The first-order valence-corrected chi connectivity index (χ1v) is 4.02. The van der Waals surface area contributed by atoms with Crippen LogP contribution in [-0.2, 0) is 0 Å². The van der Waals surface area contributed by atoms with E-state index in [-0.39, 0.29) is 0 Å².